The number of carbonyl (C=O) groups is 1. The first-order valence-electron chi connectivity index (χ1n) is 6.58. The average Bonchev–Trinajstić information content (AvgIpc) is 2.40. The van der Waals surface area contributed by atoms with E-state index in [2.05, 4.69) is 4.72 Å². The highest BCUT2D eigenvalue weighted by molar-refractivity contribution is 7.88. The number of carbonyl (C=O) groups excluding carboxylic acids is 1. The van der Waals surface area contributed by atoms with E-state index in [0.29, 0.717) is 42.2 Å². The second-order valence-corrected chi connectivity index (χ2v) is 7.38. The van der Waals surface area contributed by atoms with Crippen LogP contribution in [-0.4, -0.2) is 44.6 Å². The molecule has 1 heterocycles. The maximum Gasteiger partial charge on any atom is 0.253 e. The van der Waals surface area contributed by atoms with Crippen LogP contribution in [0, 0.1) is 0 Å². The number of nitrogens with one attached hydrogen (secondary N) is 1. The van der Waals surface area contributed by atoms with Gasteiger partial charge in [0.2, 0.25) is 10.0 Å². The number of likely N-dealkylation sites (tertiary alicyclic amines) is 1. The van der Waals surface area contributed by atoms with Crippen LogP contribution in [-0.2, 0) is 10.0 Å². The van der Waals surface area contributed by atoms with Crippen LogP contribution < -0.4 is 10.5 Å². The van der Waals surface area contributed by atoms with Gasteiger partial charge in [-0.3, -0.25) is 4.79 Å². The van der Waals surface area contributed by atoms with E-state index in [0.717, 1.165) is 6.26 Å². The topological polar surface area (TPSA) is 92.5 Å². The molecule has 21 heavy (non-hydrogen) atoms. The zero-order valence-corrected chi connectivity index (χ0v) is 13.2. The van der Waals surface area contributed by atoms with Crippen molar-refractivity contribution in [3.8, 4) is 0 Å². The molecule has 1 aliphatic rings. The Balaban J connectivity index is 1.98. The lowest BCUT2D eigenvalue weighted by atomic mass is 10.0. The van der Waals surface area contributed by atoms with Crippen molar-refractivity contribution in [1.29, 1.82) is 0 Å². The third-order valence-electron chi connectivity index (χ3n) is 3.41. The number of hydrogen-bond acceptors (Lipinski definition) is 4. The van der Waals surface area contributed by atoms with Crippen molar-refractivity contribution in [3.63, 3.8) is 0 Å². The minimum absolute atomic E-state index is 0.112. The number of halogens is 1. The summed E-state index contributed by atoms with van der Waals surface area (Å²) in [6, 6.07) is 4.69. The molecule has 1 fully saturated rings. The average molecular weight is 332 g/mol. The van der Waals surface area contributed by atoms with Gasteiger partial charge < -0.3 is 10.6 Å². The van der Waals surface area contributed by atoms with E-state index in [1.165, 1.54) is 0 Å². The van der Waals surface area contributed by atoms with Gasteiger partial charge in [0, 0.05) is 24.7 Å². The van der Waals surface area contributed by atoms with Gasteiger partial charge in [-0.05, 0) is 31.0 Å². The third kappa shape index (κ3) is 4.33. The fourth-order valence-corrected chi connectivity index (χ4v) is 3.32. The molecule has 2 rings (SSSR count). The summed E-state index contributed by atoms with van der Waals surface area (Å²) < 4.78 is 24.9. The minimum atomic E-state index is -3.21. The number of nitrogens with two attached hydrogens (primary N) is 1. The molecule has 1 aliphatic heterocycles. The van der Waals surface area contributed by atoms with Crippen molar-refractivity contribution in [2.75, 3.05) is 25.1 Å². The second-order valence-electron chi connectivity index (χ2n) is 5.19. The summed E-state index contributed by atoms with van der Waals surface area (Å²) in [5.41, 5.74) is 6.56. The van der Waals surface area contributed by atoms with Gasteiger partial charge >= 0.3 is 0 Å². The van der Waals surface area contributed by atoms with Gasteiger partial charge in [-0.25, -0.2) is 13.1 Å². The van der Waals surface area contributed by atoms with E-state index in [1.54, 1.807) is 23.1 Å². The number of hydrogen-bond donors (Lipinski definition) is 2. The Morgan fingerprint density at radius 3 is 2.52 bits per heavy atom. The summed E-state index contributed by atoms with van der Waals surface area (Å²) in [4.78, 5) is 14.0. The third-order valence-corrected chi connectivity index (χ3v) is 4.51. The Labute approximate surface area is 129 Å². The molecule has 3 N–H and O–H groups in total. The zero-order chi connectivity index (χ0) is 15.6. The van der Waals surface area contributed by atoms with Gasteiger partial charge in [0.1, 0.15) is 0 Å². The van der Waals surface area contributed by atoms with E-state index >= 15 is 0 Å². The normalized spacial score (nSPS) is 17.0. The van der Waals surface area contributed by atoms with Gasteiger partial charge in [0.25, 0.3) is 5.91 Å². The lowest BCUT2D eigenvalue weighted by molar-refractivity contribution is 0.0711. The van der Waals surface area contributed by atoms with E-state index in [1.807, 2.05) is 0 Å². The first-order valence-corrected chi connectivity index (χ1v) is 8.85. The lowest BCUT2D eigenvalue weighted by Gasteiger charge is -2.32. The molecule has 0 atom stereocenters. The predicted molar refractivity (Wildman–Crippen MR) is 82.8 cm³/mol. The van der Waals surface area contributed by atoms with Crippen molar-refractivity contribution in [2.45, 2.75) is 18.9 Å². The van der Waals surface area contributed by atoms with Crippen LogP contribution in [0.25, 0.3) is 0 Å². The van der Waals surface area contributed by atoms with E-state index in [9.17, 15) is 13.2 Å². The molecular formula is C13H18ClN3O3S. The molecule has 1 saturated heterocycles. The number of piperidine rings is 1. The molecule has 0 spiro atoms. The van der Waals surface area contributed by atoms with Crippen molar-refractivity contribution < 1.29 is 13.2 Å². The molecule has 6 nitrogen and oxygen atoms in total. The number of rotatable bonds is 3. The molecule has 0 saturated carbocycles. The fourth-order valence-electron chi connectivity index (χ4n) is 2.36. The zero-order valence-electron chi connectivity index (χ0n) is 11.7. The number of anilines is 1. The van der Waals surface area contributed by atoms with Crippen LogP contribution in [0.15, 0.2) is 18.2 Å². The van der Waals surface area contributed by atoms with Crippen molar-refractivity contribution >= 4 is 33.2 Å². The smallest absolute Gasteiger partial charge is 0.253 e. The van der Waals surface area contributed by atoms with Crippen LogP contribution >= 0.6 is 11.6 Å². The summed E-state index contributed by atoms with van der Waals surface area (Å²) in [5.74, 6) is -0.115. The first-order chi connectivity index (χ1) is 9.76. The molecule has 0 aromatic heterocycles. The lowest BCUT2D eigenvalue weighted by Crippen LogP contribution is -2.46. The summed E-state index contributed by atoms with van der Waals surface area (Å²) in [6.45, 7) is 1.02. The quantitative estimate of drug-likeness (QED) is 0.810. The summed E-state index contributed by atoms with van der Waals surface area (Å²) in [6.07, 6.45) is 2.34. The number of nitrogens with zero attached hydrogens (tertiary/aromatic N) is 1. The Kier molecular flexibility index (Phi) is 4.75. The maximum atomic E-state index is 12.3. The Hall–Kier alpha value is -1.31. The van der Waals surface area contributed by atoms with Crippen LogP contribution in [0.3, 0.4) is 0 Å². The fraction of sp³-hybridized carbons (Fsp3) is 0.462. The molecule has 1 amide bonds. The molecule has 0 radical (unpaired) electrons. The van der Waals surface area contributed by atoms with Gasteiger partial charge in [0.05, 0.1) is 17.0 Å². The largest absolute Gasteiger partial charge is 0.398 e. The van der Waals surface area contributed by atoms with E-state index in [4.69, 9.17) is 17.3 Å². The molecule has 8 heteroatoms. The molecule has 0 unspecified atom stereocenters. The summed E-state index contributed by atoms with van der Waals surface area (Å²) in [5, 5.41) is 0.419. The molecule has 0 bridgehead atoms. The highest BCUT2D eigenvalue weighted by Crippen LogP contribution is 2.21. The number of amides is 1. The van der Waals surface area contributed by atoms with Gasteiger partial charge in [-0.2, -0.15) is 0 Å². The van der Waals surface area contributed by atoms with Crippen LogP contribution in [0.5, 0.6) is 0 Å². The SMILES string of the molecule is CS(=O)(=O)NC1CCN(C(=O)c2ccc(Cl)c(N)c2)CC1. The summed E-state index contributed by atoms with van der Waals surface area (Å²) >= 11 is 5.84. The van der Waals surface area contributed by atoms with Crippen molar-refractivity contribution in [1.82, 2.24) is 9.62 Å². The Morgan fingerprint density at radius 2 is 2.00 bits per heavy atom. The Morgan fingerprint density at radius 1 is 1.38 bits per heavy atom. The van der Waals surface area contributed by atoms with Gasteiger partial charge in [0.15, 0.2) is 0 Å². The van der Waals surface area contributed by atoms with E-state index in [-0.39, 0.29) is 11.9 Å². The predicted octanol–water partition coefficient (Wildman–Crippen LogP) is 1.08. The number of nitrogen functional groups attached to an aromatic ring is 1. The van der Waals surface area contributed by atoms with Crippen molar-refractivity contribution in [2.24, 2.45) is 0 Å². The molecule has 1 aromatic carbocycles. The highest BCUT2D eigenvalue weighted by atomic mass is 35.5. The monoisotopic (exact) mass is 331 g/mol. The number of sulfonamides is 1. The minimum Gasteiger partial charge on any atom is -0.398 e. The van der Waals surface area contributed by atoms with Crippen molar-refractivity contribution in [3.05, 3.63) is 28.8 Å². The van der Waals surface area contributed by atoms with Gasteiger partial charge in [-0.15, -0.1) is 0 Å². The standard InChI is InChI=1S/C13H18ClN3O3S/c1-21(19,20)16-10-4-6-17(7-5-10)13(18)9-2-3-11(14)12(15)8-9/h2-3,8,10,16H,4-7,15H2,1H3. The second kappa shape index (κ2) is 6.21. The number of benzene rings is 1. The molecular weight excluding hydrogens is 314 g/mol. The molecule has 116 valence electrons. The van der Waals surface area contributed by atoms with Gasteiger partial charge in [-0.1, -0.05) is 11.6 Å². The summed E-state index contributed by atoms with van der Waals surface area (Å²) in [7, 11) is -3.21. The van der Waals surface area contributed by atoms with E-state index < -0.39 is 10.0 Å². The Bertz CT molecular complexity index is 640. The highest BCUT2D eigenvalue weighted by Gasteiger charge is 2.25. The molecule has 0 aliphatic carbocycles. The van der Waals surface area contributed by atoms with Crippen LogP contribution in [0.2, 0.25) is 5.02 Å². The van der Waals surface area contributed by atoms with Crippen LogP contribution in [0.4, 0.5) is 5.69 Å². The molecule has 1 aromatic rings. The van der Waals surface area contributed by atoms with Crippen LogP contribution in [0.1, 0.15) is 23.2 Å². The first kappa shape index (κ1) is 16.1. The maximum absolute atomic E-state index is 12.3.